The zero-order valence-corrected chi connectivity index (χ0v) is 18.5. The Labute approximate surface area is 189 Å². The first kappa shape index (κ1) is 20.2. The SMILES string of the molecule is Cc1ccc(-c2nnc(S[C@@H](C)c3nc4ccccc4c(=O)[nH]3)n2-c2ccccc2)cc1. The zero-order chi connectivity index (χ0) is 22.1. The van der Waals surface area contributed by atoms with Crippen LogP contribution in [0.25, 0.3) is 28.0 Å². The van der Waals surface area contributed by atoms with Gasteiger partial charge in [-0.2, -0.15) is 0 Å². The molecule has 0 spiro atoms. The van der Waals surface area contributed by atoms with Crippen molar-refractivity contribution in [3.63, 3.8) is 0 Å². The number of para-hydroxylation sites is 2. The van der Waals surface area contributed by atoms with Crippen molar-refractivity contribution in [1.82, 2.24) is 24.7 Å². The van der Waals surface area contributed by atoms with Crippen LogP contribution in [0.4, 0.5) is 0 Å². The lowest BCUT2D eigenvalue weighted by molar-refractivity contribution is 0.862. The second-order valence-corrected chi connectivity index (χ2v) is 8.88. The number of H-pyrrole nitrogens is 1. The first-order valence-electron chi connectivity index (χ1n) is 10.3. The van der Waals surface area contributed by atoms with Crippen LogP contribution in [0.5, 0.6) is 0 Å². The maximum Gasteiger partial charge on any atom is 0.258 e. The van der Waals surface area contributed by atoms with Gasteiger partial charge in [-0.1, -0.05) is 71.9 Å². The molecule has 1 N–H and O–H groups in total. The summed E-state index contributed by atoms with van der Waals surface area (Å²) in [5.41, 5.74) is 3.70. The van der Waals surface area contributed by atoms with E-state index in [-0.39, 0.29) is 10.8 Å². The van der Waals surface area contributed by atoms with Gasteiger partial charge in [0, 0.05) is 11.3 Å². The van der Waals surface area contributed by atoms with Crippen molar-refractivity contribution in [3.8, 4) is 17.1 Å². The van der Waals surface area contributed by atoms with Crippen LogP contribution in [0, 0.1) is 6.92 Å². The van der Waals surface area contributed by atoms with E-state index in [1.54, 1.807) is 6.07 Å². The summed E-state index contributed by atoms with van der Waals surface area (Å²) in [4.78, 5) is 20.1. The number of hydrogen-bond donors (Lipinski definition) is 1. The summed E-state index contributed by atoms with van der Waals surface area (Å²) >= 11 is 1.51. The number of aromatic amines is 1. The van der Waals surface area contributed by atoms with Gasteiger partial charge in [0.05, 0.1) is 16.2 Å². The quantitative estimate of drug-likeness (QED) is 0.375. The molecular weight excluding hydrogens is 418 g/mol. The Morgan fingerprint density at radius 1 is 0.906 bits per heavy atom. The lowest BCUT2D eigenvalue weighted by Gasteiger charge is -2.14. The topological polar surface area (TPSA) is 76.5 Å². The minimum atomic E-state index is -0.136. The summed E-state index contributed by atoms with van der Waals surface area (Å²) in [5.74, 6) is 1.38. The van der Waals surface area contributed by atoms with E-state index >= 15 is 0 Å². The molecule has 1 atom stereocenters. The Bertz CT molecular complexity index is 1440. The van der Waals surface area contributed by atoms with Crippen LogP contribution in [0.1, 0.15) is 23.6 Å². The summed E-state index contributed by atoms with van der Waals surface area (Å²) in [6, 6.07) is 25.6. The molecule has 5 rings (SSSR count). The molecule has 0 aliphatic carbocycles. The largest absolute Gasteiger partial charge is 0.309 e. The van der Waals surface area contributed by atoms with Gasteiger partial charge in [0.15, 0.2) is 11.0 Å². The van der Waals surface area contributed by atoms with Crippen LogP contribution in [-0.2, 0) is 0 Å². The molecule has 0 aliphatic rings. The summed E-state index contributed by atoms with van der Waals surface area (Å²) in [6.45, 7) is 4.07. The molecule has 0 unspecified atom stereocenters. The van der Waals surface area contributed by atoms with Crippen LogP contribution < -0.4 is 5.56 Å². The average molecular weight is 440 g/mol. The fraction of sp³-hybridized carbons (Fsp3) is 0.120. The third-order valence-electron chi connectivity index (χ3n) is 5.26. The molecule has 158 valence electrons. The van der Waals surface area contributed by atoms with Crippen molar-refractivity contribution in [2.24, 2.45) is 0 Å². The van der Waals surface area contributed by atoms with E-state index in [0.29, 0.717) is 16.7 Å². The minimum Gasteiger partial charge on any atom is -0.309 e. The van der Waals surface area contributed by atoms with E-state index in [1.165, 1.54) is 17.3 Å². The molecule has 0 bridgehead atoms. The highest BCUT2D eigenvalue weighted by molar-refractivity contribution is 7.99. The second kappa shape index (κ2) is 8.43. The Morgan fingerprint density at radius 3 is 2.41 bits per heavy atom. The first-order chi connectivity index (χ1) is 15.6. The molecule has 0 radical (unpaired) electrons. The Kier molecular flexibility index (Phi) is 5.33. The van der Waals surface area contributed by atoms with Gasteiger partial charge in [0.25, 0.3) is 5.56 Å². The predicted octanol–water partition coefficient (Wildman–Crippen LogP) is 5.33. The lowest BCUT2D eigenvalue weighted by Crippen LogP contribution is -2.13. The van der Waals surface area contributed by atoms with Crippen LogP contribution in [-0.4, -0.2) is 24.7 Å². The lowest BCUT2D eigenvalue weighted by atomic mass is 10.1. The third-order valence-corrected chi connectivity index (χ3v) is 6.31. The second-order valence-electron chi connectivity index (χ2n) is 7.57. The maximum absolute atomic E-state index is 12.5. The number of fused-ring (bicyclic) bond motifs is 1. The highest BCUT2D eigenvalue weighted by Gasteiger charge is 2.20. The summed E-state index contributed by atoms with van der Waals surface area (Å²) in [5, 5.41) is 10.2. The number of rotatable bonds is 5. The van der Waals surface area contributed by atoms with Crippen molar-refractivity contribution in [2.75, 3.05) is 0 Å². The van der Waals surface area contributed by atoms with Crippen molar-refractivity contribution in [2.45, 2.75) is 24.3 Å². The Balaban J connectivity index is 1.56. The van der Waals surface area contributed by atoms with Crippen molar-refractivity contribution in [3.05, 3.63) is 101 Å². The van der Waals surface area contributed by atoms with Gasteiger partial charge in [-0.3, -0.25) is 9.36 Å². The van der Waals surface area contributed by atoms with Crippen LogP contribution in [0.15, 0.2) is 88.8 Å². The van der Waals surface area contributed by atoms with E-state index in [0.717, 1.165) is 22.2 Å². The average Bonchev–Trinajstić information content (AvgIpc) is 3.23. The van der Waals surface area contributed by atoms with E-state index in [4.69, 9.17) is 0 Å². The number of nitrogens with zero attached hydrogens (tertiary/aromatic N) is 4. The summed E-state index contributed by atoms with van der Waals surface area (Å²) < 4.78 is 2.05. The monoisotopic (exact) mass is 439 g/mol. The van der Waals surface area contributed by atoms with Gasteiger partial charge in [-0.15, -0.1) is 10.2 Å². The van der Waals surface area contributed by atoms with Crippen LogP contribution in [0.3, 0.4) is 0 Å². The standard InChI is InChI=1S/C25H21N5OS/c1-16-12-14-18(15-13-16)23-28-29-25(30(23)19-8-4-3-5-9-19)32-17(2)22-26-21-11-7-6-10-20(21)24(31)27-22/h3-15,17H,1-2H3,(H,26,27,31)/t17-/m0/s1. The fourth-order valence-corrected chi connectivity index (χ4v) is 4.48. The molecule has 7 heteroatoms. The zero-order valence-electron chi connectivity index (χ0n) is 17.7. The number of benzene rings is 3. The molecule has 0 amide bonds. The van der Waals surface area contributed by atoms with Gasteiger partial charge in [-0.25, -0.2) is 4.98 Å². The molecule has 0 aliphatic heterocycles. The molecule has 32 heavy (non-hydrogen) atoms. The Hall–Kier alpha value is -3.71. The summed E-state index contributed by atoms with van der Waals surface area (Å²) in [6.07, 6.45) is 0. The van der Waals surface area contributed by atoms with E-state index in [2.05, 4.69) is 51.4 Å². The van der Waals surface area contributed by atoms with Crippen molar-refractivity contribution in [1.29, 1.82) is 0 Å². The molecule has 6 nitrogen and oxygen atoms in total. The molecule has 0 saturated carbocycles. The number of aryl methyl sites for hydroxylation is 1. The Morgan fingerprint density at radius 2 is 1.62 bits per heavy atom. The number of thioether (sulfide) groups is 1. The van der Waals surface area contributed by atoms with Gasteiger partial charge in [0.1, 0.15) is 5.82 Å². The number of hydrogen-bond acceptors (Lipinski definition) is 5. The normalized spacial score (nSPS) is 12.2. The van der Waals surface area contributed by atoms with Crippen LogP contribution in [0.2, 0.25) is 0 Å². The highest BCUT2D eigenvalue weighted by atomic mass is 32.2. The molecule has 3 aromatic carbocycles. The van der Waals surface area contributed by atoms with E-state index in [9.17, 15) is 4.79 Å². The molecule has 0 fully saturated rings. The predicted molar refractivity (Wildman–Crippen MR) is 128 cm³/mol. The highest BCUT2D eigenvalue weighted by Crippen LogP contribution is 2.35. The third kappa shape index (κ3) is 3.83. The molecular formula is C25H21N5OS. The van der Waals surface area contributed by atoms with E-state index < -0.39 is 0 Å². The smallest absolute Gasteiger partial charge is 0.258 e. The molecule has 5 aromatic rings. The van der Waals surface area contributed by atoms with Crippen molar-refractivity contribution < 1.29 is 0 Å². The number of aromatic nitrogens is 5. The molecule has 0 saturated heterocycles. The maximum atomic E-state index is 12.5. The number of nitrogens with one attached hydrogen (secondary N) is 1. The van der Waals surface area contributed by atoms with Gasteiger partial charge in [0.2, 0.25) is 0 Å². The van der Waals surface area contributed by atoms with Gasteiger partial charge in [-0.05, 0) is 38.1 Å². The van der Waals surface area contributed by atoms with Gasteiger partial charge < -0.3 is 4.98 Å². The first-order valence-corrected chi connectivity index (χ1v) is 11.2. The fourth-order valence-electron chi connectivity index (χ4n) is 3.56. The molecule has 2 heterocycles. The van der Waals surface area contributed by atoms with E-state index in [1.807, 2.05) is 60.0 Å². The minimum absolute atomic E-state index is 0.134. The van der Waals surface area contributed by atoms with Crippen LogP contribution >= 0.6 is 11.8 Å². The van der Waals surface area contributed by atoms with Gasteiger partial charge >= 0.3 is 0 Å². The molecule has 2 aromatic heterocycles. The summed E-state index contributed by atoms with van der Waals surface area (Å²) in [7, 11) is 0. The van der Waals surface area contributed by atoms with Crippen molar-refractivity contribution >= 4 is 22.7 Å².